The second-order valence-electron chi connectivity index (χ2n) is 11.5. The van der Waals surface area contributed by atoms with Crippen LogP contribution in [0.2, 0.25) is 5.02 Å². The Morgan fingerprint density at radius 1 is 1.03 bits per heavy atom. The third-order valence-electron chi connectivity index (χ3n) is 9.95. The monoisotopic (exact) mass is 427 g/mol. The lowest BCUT2D eigenvalue weighted by Gasteiger charge is -2.60. The molecule has 0 aromatic heterocycles. The Bertz CT molecular complexity index is 791. The highest BCUT2D eigenvalue weighted by Crippen LogP contribution is 2.64. The van der Waals surface area contributed by atoms with Gasteiger partial charge in [0.1, 0.15) is 0 Å². The molecule has 4 aliphatic rings. The number of carbonyl (C=O) groups is 1. The van der Waals surface area contributed by atoms with Gasteiger partial charge < -0.3 is 5.32 Å². The van der Waals surface area contributed by atoms with Crippen LogP contribution in [0.1, 0.15) is 83.6 Å². The fourth-order valence-corrected chi connectivity index (χ4v) is 8.46. The minimum Gasteiger partial charge on any atom is -0.353 e. The molecule has 1 saturated heterocycles. The highest BCUT2D eigenvalue weighted by atomic mass is 35.5. The van der Waals surface area contributed by atoms with E-state index in [1.807, 2.05) is 12.1 Å². The van der Waals surface area contributed by atoms with Crippen molar-refractivity contribution >= 4 is 17.5 Å². The SMILES string of the molecule is C[C@@]12CCC[C@H]1[C@@H]1CC[C@H]3NC(=O)C(CCCc4ccc(Cl)cc4)C[C@]3(C)[C@H]1CC2. The summed E-state index contributed by atoms with van der Waals surface area (Å²) in [6, 6.07) is 8.58. The van der Waals surface area contributed by atoms with Crippen LogP contribution in [0.15, 0.2) is 24.3 Å². The molecular weight excluding hydrogens is 390 g/mol. The maximum absolute atomic E-state index is 12.9. The van der Waals surface area contributed by atoms with Crippen molar-refractivity contribution in [1.29, 1.82) is 0 Å². The number of hydrogen-bond donors (Lipinski definition) is 1. The summed E-state index contributed by atoms with van der Waals surface area (Å²) in [5, 5.41) is 4.30. The molecule has 3 saturated carbocycles. The zero-order valence-electron chi connectivity index (χ0n) is 18.8. The van der Waals surface area contributed by atoms with E-state index in [1.165, 1.54) is 50.5 Å². The minimum atomic E-state index is 0.189. The van der Waals surface area contributed by atoms with Gasteiger partial charge in [0.15, 0.2) is 0 Å². The Balaban J connectivity index is 1.27. The van der Waals surface area contributed by atoms with Crippen molar-refractivity contribution in [1.82, 2.24) is 5.32 Å². The van der Waals surface area contributed by atoms with E-state index in [0.29, 0.717) is 22.8 Å². The summed E-state index contributed by atoms with van der Waals surface area (Å²) >= 11 is 6.01. The molecule has 5 rings (SSSR count). The van der Waals surface area contributed by atoms with Gasteiger partial charge in [-0.05, 0) is 110 Å². The second-order valence-corrected chi connectivity index (χ2v) is 12.0. The van der Waals surface area contributed by atoms with Crippen LogP contribution in [-0.4, -0.2) is 11.9 Å². The average Bonchev–Trinajstić information content (AvgIpc) is 3.12. The molecule has 1 aromatic rings. The molecule has 1 heterocycles. The topological polar surface area (TPSA) is 29.1 Å². The normalized spacial score (nSPS) is 42.8. The molecule has 4 fully saturated rings. The second kappa shape index (κ2) is 7.84. The van der Waals surface area contributed by atoms with Crippen LogP contribution in [-0.2, 0) is 11.2 Å². The van der Waals surface area contributed by atoms with E-state index in [9.17, 15) is 4.79 Å². The fourth-order valence-electron chi connectivity index (χ4n) is 8.33. The molecule has 1 N–H and O–H groups in total. The van der Waals surface area contributed by atoms with Crippen molar-refractivity contribution in [3.05, 3.63) is 34.9 Å². The number of aryl methyl sites for hydroxylation is 1. The first-order valence-electron chi connectivity index (χ1n) is 12.4. The highest BCUT2D eigenvalue weighted by molar-refractivity contribution is 6.30. The van der Waals surface area contributed by atoms with E-state index >= 15 is 0 Å². The van der Waals surface area contributed by atoms with E-state index in [2.05, 4.69) is 31.3 Å². The van der Waals surface area contributed by atoms with Crippen molar-refractivity contribution in [2.45, 2.75) is 90.5 Å². The van der Waals surface area contributed by atoms with E-state index < -0.39 is 0 Å². The number of hydrogen-bond acceptors (Lipinski definition) is 1. The number of nitrogens with one attached hydrogen (secondary N) is 1. The van der Waals surface area contributed by atoms with Crippen molar-refractivity contribution < 1.29 is 4.79 Å². The van der Waals surface area contributed by atoms with E-state index in [4.69, 9.17) is 11.6 Å². The van der Waals surface area contributed by atoms with Gasteiger partial charge in [-0.25, -0.2) is 0 Å². The molecule has 3 aliphatic carbocycles. The highest BCUT2D eigenvalue weighted by Gasteiger charge is 2.59. The average molecular weight is 428 g/mol. The first-order chi connectivity index (χ1) is 14.4. The van der Waals surface area contributed by atoms with Gasteiger partial charge in [-0.15, -0.1) is 0 Å². The van der Waals surface area contributed by atoms with Crippen molar-refractivity contribution in [3.63, 3.8) is 0 Å². The number of piperidine rings is 1. The van der Waals surface area contributed by atoms with Gasteiger partial charge in [-0.1, -0.05) is 44.0 Å². The predicted molar refractivity (Wildman–Crippen MR) is 123 cm³/mol. The molecule has 30 heavy (non-hydrogen) atoms. The Kier molecular flexibility index (Phi) is 5.45. The molecule has 1 aromatic carbocycles. The zero-order valence-corrected chi connectivity index (χ0v) is 19.5. The van der Waals surface area contributed by atoms with Crippen molar-refractivity contribution in [2.75, 3.05) is 0 Å². The molecule has 1 amide bonds. The molecule has 0 spiro atoms. The van der Waals surface area contributed by atoms with Crippen molar-refractivity contribution in [2.24, 2.45) is 34.5 Å². The summed E-state index contributed by atoms with van der Waals surface area (Å²) in [6.07, 6.45) is 13.9. The number of benzene rings is 1. The summed E-state index contributed by atoms with van der Waals surface area (Å²) in [4.78, 5) is 12.9. The molecule has 2 nitrogen and oxygen atoms in total. The smallest absolute Gasteiger partial charge is 0.223 e. The molecule has 7 atom stereocenters. The molecule has 0 radical (unpaired) electrons. The summed E-state index contributed by atoms with van der Waals surface area (Å²) < 4.78 is 0. The van der Waals surface area contributed by atoms with Gasteiger partial charge in [-0.3, -0.25) is 4.79 Å². The number of rotatable bonds is 4. The lowest BCUT2D eigenvalue weighted by atomic mass is 9.47. The predicted octanol–water partition coefficient (Wildman–Crippen LogP) is 6.80. The fraction of sp³-hybridized carbons (Fsp3) is 0.741. The van der Waals surface area contributed by atoms with Crippen molar-refractivity contribution in [3.8, 4) is 0 Å². The van der Waals surface area contributed by atoms with Crippen LogP contribution in [0.5, 0.6) is 0 Å². The Labute approximate surface area is 187 Å². The molecule has 0 bridgehead atoms. The van der Waals surface area contributed by atoms with Crippen LogP contribution >= 0.6 is 11.6 Å². The zero-order chi connectivity index (χ0) is 20.9. The van der Waals surface area contributed by atoms with E-state index in [0.717, 1.165) is 48.5 Å². The summed E-state index contributed by atoms with van der Waals surface area (Å²) in [5.74, 6) is 3.17. The largest absolute Gasteiger partial charge is 0.353 e. The van der Waals surface area contributed by atoms with E-state index in [1.54, 1.807) is 0 Å². The third-order valence-corrected chi connectivity index (χ3v) is 10.2. The first-order valence-corrected chi connectivity index (χ1v) is 12.8. The number of fused-ring (bicyclic) bond motifs is 5. The summed E-state index contributed by atoms with van der Waals surface area (Å²) in [7, 11) is 0. The minimum absolute atomic E-state index is 0.189. The van der Waals surface area contributed by atoms with Gasteiger partial charge in [0.25, 0.3) is 0 Å². The first kappa shape index (κ1) is 20.9. The standard InChI is InChI=1S/C27H38ClNO/c1-26-15-4-7-22(26)21-12-13-24-27(2,23(21)14-16-26)17-19(25(30)29-24)6-3-5-18-8-10-20(28)11-9-18/h8-11,19,21-24H,3-7,12-17H2,1-2H3,(H,29,30)/t19?,21-,22-,23-,24+,26-,27+/m0/s1. The number of amides is 1. The summed E-state index contributed by atoms with van der Waals surface area (Å²) in [5.41, 5.74) is 2.23. The van der Waals surface area contributed by atoms with E-state index in [-0.39, 0.29) is 5.92 Å². The van der Waals surface area contributed by atoms with Crippen LogP contribution in [0, 0.1) is 34.5 Å². The summed E-state index contributed by atoms with van der Waals surface area (Å²) in [6.45, 7) is 5.12. The number of halogens is 1. The molecule has 1 unspecified atom stereocenters. The van der Waals surface area contributed by atoms with Gasteiger partial charge in [-0.2, -0.15) is 0 Å². The van der Waals surface area contributed by atoms with Gasteiger partial charge in [0, 0.05) is 17.0 Å². The number of carbonyl (C=O) groups excluding carboxylic acids is 1. The molecule has 3 heteroatoms. The lowest BCUT2D eigenvalue weighted by Crippen LogP contribution is -2.62. The van der Waals surface area contributed by atoms with Crippen LogP contribution < -0.4 is 5.32 Å². The van der Waals surface area contributed by atoms with Gasteiger partial charge >= 0.3 is 0 Å². The molecular formula is C27H38ClNO. The van der Waals surface area contributed by atoms with Gasteiger partial charge in [0.2, 0.25) is 5.91 Å². The Morgan fingerprint density at radius 2 is 1.83 bits per heavy atom. The maximum atomic E-state index is 12.9. The molecule has 164 valence electrons. The Hall–Kier alpha value is -1.02. The maximum Gasteiger partial charge on any atom is 0.223 e. The lowest BCUT2D eigenvalue weighted by molar-refractivity contribution is -0.143. The quantitative estimate of drug-likeness (QED) is 0.562. The van der Waals surface area contributed by atoms with Gasteiger partial charge in [0.05, 0.1) is 0 Å². The van der Waals surface area contributed by atoms with Crippen LogP contribution in [0.4, 0.5) is 0 Å². The molecule has 1 aliphatic heterocycles. The van der Waals surface area contributed by atoms with Crippen LogP contribution in [0.3, 0.4) is 0 Å². The Morgan fingerprint density at radius 3 is 2.63 bits per heavy atom. The van der Waals surface area contributed by atoms with Crippen LogP contribution in [0.25, 0.3) is 0 Å². The third kappa shape index (κ3) is 3.51.